The summed E-state index contributed by atoms with van der Waals surface area (Å²) < 4.78 is 1.08. The summed E-state index contributed by atoms with van der Waals surface area (Å²) >= 11 is 5.51. The second-order valence-corrected chi connectivity index (χ2v) is 8.26. The van der Waals surface area contributed by atoms with E-state index in [2.05, 4.69) is 81.4 Å². The van der Waals surface area contributed by atoms with E-state index in [1.807, 2.05) is 30.1 Å². The molecule has 0 fully saturated rings. The lowest BCUT2D eigenvalue weighted by Gasteiger charge is -2.39. The minimum Gasteiger partial charge on any atom is -0.319 e. The molecule has 0 amide bonds. The van der Waals surface area contributed by atoms with Crippen LogP contribution in [0.25, 0.3) is 0 Å². The van der Waals surface area contributed by atoms with Crippen molar-refractivity contribution in [1.29, 1.82) is 0 Å². The van der Waals surface area contributed by atoms with Gasteiger partial charge in [-0.2, -0.15) is 0 Å². The molecule has 0 bridgehead atoms. The van der Waals surface area contributed by atoms with Gasteiger partial charge in [-0.05, 0) is 58.8 Å². The highest BCUT2D eigenvalue weighted by Crippen LogP contribution is 2.40. The first kappa shape index (κ1) is 16.6. The molecule has 0 aliphatic carbocycles. The Morgan fingerprint density at radius 2 is 1.92 bits per heavy atom. The molecule has 0 saturated heterocycles. The van der Waals surface area contributed by atoms with E-state index in [9.17, 15) is 0 Å². The zero-order valence-electron chi connectivity index (χ0n) is 13.8. The largest absolute Gasteiger partial charge is 0.319 e. The van der Waals surface area contributed by atoms with Crippen molar-refractivity contribution < 1.29 is 0 Å². The van der Waals surface area contributed by atoms with Gasteiger partial charge in [-0.25, -0.2) is 0 Å². The van der Waals surface area contributed by atoms with Crippen molar-refractivity contribution in [3.8, 4) is 0 Å². The lowest BCUT2D eigenvalue weighted by Crippen LogP contribution is -2.41. The van der Waals surface area contributed by atoms with Gasteiger partial charge in [-0.3, -0.25) is 9.98 Å². The van der Waals surface area contributed by atoms with Crippen LogP contribution in [0.4, 0.5) is 0 Å². The standard InChI is InChI=1S/C20H18BrN3S/c1-14-11-15(21)13-24-19(25-16-7-3-2-4-8-16)12-18(23-20(14)24)17-9-5-6-10-22-17/h2-11,13,18-19H,12H2,1H3. The van der Waals surface area contributed by atoms with Gasteiger partial charge in [0.15, 0.2) is 0 Å². The van der Waals surface area contributed by atoms with Crippen LogP contribution in [0, 0.1) is 0 Å². The number of aromatic nitrogens is 1. The average Bonchev–Trinajstić information content (AvgIpc) is 2.64. The van der Waals surface area contributed by atoms with Gasteiger partial charge in [-0.15, -0.1) is 11.8 Å². The number of hydrogen-bond donors (Lipinski definition) is 0. The van der Waals surface area contributed by atoms with Crippen LogP contribution in [0.5, 0.6) is 0 Å². The molecule has 2 aliphatic heterocycles. The molecule has 5 heteroatoms. The molecule has 0 saturated carbocycles. The number of hydrogen-bond acceptors (Lipinski definition) is 4. The fourth-order valence-electron chi connectivity index (χ4n) is 3.12. The fourth-order valence-corrected chi connectivity index (χ4v) is 4.87. The molecule has 2 atom stereocenters. The predicted molar refractivity (Wildman–Crippen MR) is 108 cm³/mol. The van der Waals surface area contributed by atoms with E-state index in [0.717, 1.165) is 22.4 Å². The number of amidine groups is 1. The number of allylic oxidation sites excluding steroid dienone is 2. The molecule has 3 heterocycles. The second kappa shape index (κ2) is 7.18. The molecule has 3 nitrogen and oxygen atoms in total. The molecule has 2 unspecified atom stereocenters. The van der Waals surface area contributed by atoms with E-state index in [-0.39, 0.29) is 11.4 Å². The zero-order chi connectivity index (χ0) is 17.2. The van der Waals surface area contributed by atoms with E-state index in [0.29, 0.717) is 0 Å². The van der Waals surface area contributed by atoms with Crippen LogP contribution in [-0.2, 0) is 0 Å². The Hall–Kier alpha value is -1.85. The summed E-state index contributed by atoms with van der Waals surface area (Å²) in [4.78, 5) is 13.1. The van der Waals surface area contributed by atoms with Gasteiger partial charge in [0.05, 0.1) is 17.1 Å². The monoisotopic (exact) mass is 411 g/mol. The van der Waals surface area contributed by atoms with E-state index in [1.54, 1.807) is 0 Å². The van der Waals surface area contributed by atoms with Crippen LogP contribution in [0.3, 0.4) is 0 Å². The average molecular weight is 412 g/mol. The van der Waals surface area contributed by atoms with Crippen molar-refractivity contribution in [2.45, 2.75) is 29.7 Å². The molecule has 126 valence electrons. The third kappa shape index (κ3) is 3.58. The van der Waals surface area contributed by atoms with Crippen molar-refractivity contribution in [1.82, 2.24) is 9.88 Å². The van der Waals surface area contributed by atoms with Crippen molar-refractivity contribution in [2.75, 3.05) is 0 Å². The van der Waals surface area contributed by atoms with Crippen LogP contribution in [0.1, 0.15) is 25.1 Å². The highest BCUT2D eigenvalue weighted by Gasteiger charge is 2.33. The van der Waals surface area contributed by atoms with E-state index in [4.69, 9.17) is 4.99 Å². The maximum absolute atomic E-state index is 5.01. The number of benzene rings is 1. The summed E-state index contributed by atoms with van der Waals surface area (Å²) in [6.07, 6.45) is 7.03. The van der Waals surface area contributed by atoms with Crippen LogP contribution in [0.2, 0.25) is 0 Å². The topological polar surface area (TPSA) is 28.5 Å². The lowest BCUT2D eigenvalue weighted by atomic mass is 10.0. The molecule has 2 aliphatic rings. The maximum atomic E-state index is 5.01. The van der Waals surface area contributed by atoms with Crippen molar-refractivity contribution in [3.63, 3.8) is 0 Å². The van der Waals surface area contributed by atoms with Gasteiger partial charge >= 0.3 is 0 Å². The first-order chi connectivity index (χ1) is 12.2. The third-order valence-corrected chi connectivity index (χ3v) is 5.94. The Kier molecular flexibility index (Phi) is 4.77. The Morgan fingerprint density at radius 3 is 2.68 bits per heavy atom. The van der Waals surface area contributed by atoms with Crippen LogP contribution < -0.4 is 0 Å². The predicted octanol–water partition coefficient (Wildman–Crippen LogP) is 5.54. The highest BCUT2D eigenvalue weighted by molar-refractivity contribution is 9.11. The van der Waals surface area contributed by atoms with Crippen LogP contribution in [-0.4, -0.2) is 21.1 Å². The van der Waals surface area contributed by atoms with Gasteiger partial charge in [-0.1, -0.05) is 24.3 Å². The Labute approximate surface area is 160 Å². The number of pyridine rings is 1. The summed E-state index contributed by atoms with van der Waals surface area (Å²) in [7, 11) is 0. The highest BCUT2D eigenvalue weighted by atomic mass is 79.9. The molecule has 2 aromatic rings. The Balaban J connectivity index is 1.71. The van der Waals surface area contributed by atoms with Crippen LogP contribution >= 0.6 is 27.7 Å². The molecule has 1 aromatic heterocycles. The number of rotatable bonds is 3. The van der Waals surface area contributed by atoms with E-state index < -0.39 is 0 Å². The Bertz CT molecular complexity index is 846. The number of fused-ring (bicyclic) bond motifs is 1. The van der Waals surface area contributed by atoms with Crippen molar-refractivity contribution >= 4 is 33.5 Å². The van der Waals surface area contributed by atoms with Gasteiger partial charge in [0.25, 0.3) is 0 Å². The summed E-state index contributed by atoms with van der Waals surface area (Å²) in [5, 5.41) is 0.276. The summed E-state index contributed by atoms with van der Waals surface area (Å²) in [6, 6.07) is 16.7. The SMILES string of the molecule is CC1=CC(Br)=CN2C1=NC(c1ccccn1)CC2Sc1ccccc1. The van der Waals surface area contributed by atoms with Crippen molar-refractivity contribution in [2.24, 2.45) is 4.99 Å². The van der Waals surface area contributed by atoms with Gasteiger partial charge < -0.3 is 4.90 Å². The molecule has 0 spiro atoms. The molecule has 25 heavy (non-hydrogen) atoms. The minimum atomic E-state index is 0.0855. The zero-order valence-corrected chi connectivity index (χ0v) is 16.2. The molecular weight excluding hydrogens is 394 g/mol. The van der Waals surface area contributed by atoms with Crippen molar-refractivity contribution in [3.05, 3.63) is 82.8 Å². The van der Waals surface area contributed by atoms with E-state index in [1.165, 1.54) is 10.5 Å². The summed E-state index contributed by atoms with van der Waals surface area (Å²) in [6.45, 7) is 2.12. The normalized spacial score (nSPS) is 22.6. The second-order valence-electron chi connectivity index (χ2n) is 6.09. The first-order valence-electron chi connectivity index (χ1n) is 8.25. The molecule has 0 radical (unpaired) electrons. The smallest absolute Gasteiger partial charge is 0.132 e. The maximum Gasteiger partial charge on any atom is 0.132 e. The quantitative estimate of drug-likeness (QED) is 0.663. The lowest BCUT2D eigenvalue weighted by molar-refractivity contribution is 0.416. The fraction of sp³-hybridized carbons (Fsp3) is 0.200. The third-order valence-electron chi connectivity index (χ3n) is 4.27. The Morgan fingerprint density at radius 1 is 1.12 bits per heavy atom. The van der Waals surface area contributed by atoms with Crippen LogP contribution in [0.15, 0.2) is 86.9 Å². The number of nitrogens with zero attached hydrogens (tertiary/aromatic N) is 3. The van der Waals surface area contributed by atoms with Gasteiger partial charge in [0.1, 0.15) is 5.84 Å². The molecule has 4 rings (SSSR count). The molecular formula is C20H18BrN3S. The first-order valence-corrected chi connectivity index (χ1v) is 9.93. The molecule has 0 N–H and O–H groups in total. The minimum absolute atomic E-state index is 0.0855. The summed E-state index contributed by atoms with van der Waals surface area (Å²) in [5.41, 5.74) is 2.21. The summed E-state index contributed by atoms with van der Waals surface area (Å²) in [5.74, 6) is 1.04. The van der Waals surface area contributed by atoms with Gasteiger partial charge in [0.2, 0.25) is 0 Å². The van der Waals surface area contributed by atoms with Gasteiger partial charge in [0, 0.05) is 28.2 Å². The number of halogens is 1. The number of aliphatic imine (C=N–C) groups is 1. The molecule has 1 aromatic carbocycles. The van der Waals surface area contributed by atoms with E-state index >= 15 is 0 Å². The number of thioether (sulfide) groups is 1.